The molecule has 0 aliphatic heterocycles. The van der Waals surface area contributed by atoms with Gasteiger partial charge in [-0.05, 0) is 63.3 Å². The van der Waals surface area contributed by atoms with Crippen LogP contribution in [-0.2, 0) is 0 Å². The third-order valence-corrected chi connectivity index (χ3v) is 5.95. The summed E-state index contributed by atoms with van der Waals surface area (Å²) >= 11 is 0. The molecule has 8 nitrogen and oxygen atoms in total. The molecule has 170 valence electrons. The van der Waals surface area contributed by atoms with E-state index in [0.29, 0.717) is 29.2 Å². The molecule has 2 aromatic heterocycles. The number of hydrogen-bond donors (Lipinski definition) is 2. The molecule has 1 aliphatic carbocycles. The molecule has 0 spiro atoms. The van der Waals surface area contributed by atoms with Gasteiger partial charge >= 0.3 is 0 Å². The van der Waals surface area contributed by atoms with Crippen molar-refractivity contribution < 1.29 is 4.74 Å². The number of rotatable bonds is 7. The second-order valence-electron chi connectivity index (χ2n) is 8.56. The molecule has 0 saturated heterocycles. The summed E-state index contributed by atoms with van der Waals surface area (Å²) in [5.41, 5.74) is 2.97. The summed E-state index contributed by atoms with van der Waals surface area (Å²) < 4.78 is 6.06. The molecule has 1 saturated carbocycles. The fraction of sp³-hybridized carbons (Fsp3) is 0.231. The zero-order chi connectivity index (χ0) is 23.5. The normalized spacial score (nSPS) is 17.1. The Morgan fingerprint density at radius 3 is 2.68 bits per heavy atom. The highest BCUT2D eigenvalue weighted by Gasteiger charge is 2.32. The van der Waals surface area contributed by atoms with Gasteiger partial charge in [-0.2, -0.15) is 4.98 Å². The van der Waals surface area contributed by atoms with Crippen LogP contribution in [0.2, 0.25) is 0 Å². The number of para-hydroxylation sites is 1. The average molecular weight is 452 g/mol. The van der Waals surface area contributed by atoms with Crippen molar-refractivity contribution in [1.82, 2.24) is 19.9 Å². The van der Waals surface area contributed by atoms with Crippen LogP contribution in [-0.4, -0.2) is 46.1 Å². The average Bonchev–Trinajstić information content (AvgIpc) is 2.81. The summed E-state index contributed by atoms with van der Waals surface area (Å²) in [5, 5.41) is 7.50. The number of hydrogen-bond acceptors (Lipinski definition) is 7. The van der Waals surface area contributed by atoms with E-state index in [2.05, 4.69) is 49.4 Å². The maximum atomic E-state index is 7.57. The maximum Gasteiger partial charge on any atom is 0.230 e. The van der Waals surface area contributed by atoms with E-state index in [1.54, 1.807) is 24.5 Å². The van der Waals surface area contributed by atoms with Crippen molar-refractivity contribution in [3.63, 3.8) is 0 Å². The van der Waals surface area contributed by atoms with E-state index in [1.165, 1.54) is 0 Å². The van der Waals surface area contributed by atoms with Gasteiger partial charge in [-0.3, -0.25) is 4.98 Å². The van der Waals surface area contributed by atoms with Gasteiger partial charge in [0.15, 0.2) is 0 Å². The molecule has 0 atom stereocenters. The number of aromatic nitrogens is 3. The van der Waals surface area contributed by atoms with Crippen molar-refractivity contribution >= 4 is 39.7 Å². The minimum Gasteiger partial charge on any atom is -0.501 e. The van der Waals surface area contributed by atoms with E-state index >= 15 is 0 Å². The van der Waals surface area contributed by atoms with Crippen LogP contribution in [0.5, 0.6) is 5.75 Å². The van der Waals surface area contributed by atoms with Crippen molar-refractivity contribution in [3.8, 4) is 5.75 Å². The summed E-state index contributed by atoms with van der Waals surface area (Å²) in [5.74, 6) is 1.68. The van der Waals surface area contributed by atoms with Gasteiger partial charge in [0.25, 0.3) is 0 Å². The Morgan fingerprint density at radius 2 is 1.85 bits per heavy atom. The van der Waals surface area contributed by atoms with Gasteiger partial charge in [0.1, 0.15) is 11.6 Å². The molecular weight excluding hydrogens is 426 g/mol. The Labute approximate surface area is 198 Å². The molecule has 0 amide bonds. The third kappa shape index (κ3) is 4.75. The zero-order valence-electron chi connectivity index (χ0n) is 19.1. The molecule has 5 rings (SSSR count). The van der Waals surface area contributed by atoms with E-state index in [-0.39, 0.29) is 6.10 Å². The topological polar surface area (TPSA) is 79.6 Å². The number of pyridine rings is 1. The first-order chi connectivity index (χ1) is 16.6. The van der Waals surface area contributed by atoms with Gasteiger partial charge in [0.05, 0.1) is 30.1 Å². The standard InChI is InChI=1S/C26H25N7O/c1-27-23-13-18(8-9-24(23)34-21-14-20(15-21)33(2)3)31-26-28-11-10-25(32-26)30-19-12-17-6-4-5-7-22(17)29-16-19/h4-13,16,20-21H,14-15H2,2-3H3,(H2,28,30,31,32). The van der Waals surface area contributed by atoms with Crippen molar-refractivity contribution in [2.45, 2.75) is 25.0 Å². The molecule has 1 aliphatic rings. The second-order valence-corrected chi connectivity index (χ2v) is 8.56. The second kappa shape index (κ2) is 9.33. The quantitative estimate of drug-likeness (QED) is 0.357. The highest BCUT2D eigenvalue weighted by molar-refractivity contribution is 5.82. The van der Waals surface area contributed by atoms with Crippen LogP contribution in [0, 0.1) is 6.57 Å². The molecule has 0 unspecified atom stereocenters. The summed E-state index contributed by atoms with van der Waals surface area (Å²) in [6, 6.07) is 17.8. The molecule has 34 heavy (non-hydrogen) atoms. The predicted molar refractivity (Wildman–Crippen MR) is 134 cm³/mol. The van der Waals surface area contributed by atoms with Crippen LogP contribution in [0.3, 0.4) is 0 Å². The fourth-order valence-corrected chi connectivity index (χ4v) is 3.92. The summed E-state index contributed by atoms with van der Waals surface area (Å²) in [6.07, 6.45) is 5.57. The van der Waals surface area contributed by atoms with Gasteiger partial charge in [-0.1, -0.05) is 18.2 Å². The largest absolute Gasteiger partial charge is 0.501 e. The van der Waals surface area contributed by atoms with E-state index in [0.717, 1.165) is 35.1 Å². The highest BCUT2D eigenvalue weighted by Crippen LogP contribution is 2.36. The minimum atomic E-state index is 0.155. The van der Waals surface area contributed by atoms with Crippen LogP contribution in [0.15, 0.2) is 67.0 Å². The smallest absolute Gasteiger partial charge is 0.230 e. The highest BCUT2D eigenvalue weighted by atomic mass is 16.5. The van der Waals surface area contributed by atoms with Gasteiger partial charge in [0.2, 0.25) is 11.6 Å². The molecule has 0 bridgehead atoms. The molecule has 0 radical (unpaired) electrons. The molecular formula is C26H25N7O. The van der Waals surface area contributed by atoms with Crippen LogP contribution >= 0.6 is 0 Å². The summed E-state index contributed by atoms with van der Waals surface area (Å²) in [6.45, 7) is 7.57. The monoisotopic (exact) mass is 451 g/mol. The summed E-state index contributed by atoms with van der Waals surface area (Å²) in [7, 11) is 4.16. The van der Waals surface area contributed by atoms with Crippen LogP contribution < -0.4 is 15.4 Å². The SMILES string of the molecule is [C-]#[N+]c1cc(Nc2nccc(Nc3cnc4ccccc4c3)n2)ccc1OC1CC(N(C)C)C1. The predicted octanol–water partition coefficient (Wildman–Crippen LogP) is 5.53. The number of ether oxygens (including phenoxy) is 1. The fourth-order valence-electron chi connectivity index (χ4n) is 3.92. The Morgan fingerprint density at radius 1 is 1.00 bits per heavy atom. The van der Waals surface area contributed by atoms with Crippen molar-refractivity contribution in [2.75, 3.05) is 24.7 Å². The van der Waals surface area contributed by atoms with Gasteiger partial charge < -0.3 is 20.3 Å². The number of nitrogens with one attached hydrogen (secondary N) is 2. The lowest BCUT2D eigenvalue weighted by Crippen LogP contribution is -2.46. The van der Waals surface area contributed by atoms with Gasteiger partial charge in [0, 0.05) is 23.3 Å². The van der Waals surface area contributed by atoms with E-state index < -0.39 is 0 Å². The molecule has 1 fully saturated rings. The van der Waals surface area contributed by atoms with E-state index in [9.17, 15) is 0 Å². The van der Waals surface area contributed by atoms with Crippen molar-refractivity contribution in [1.29, 1.82) is 0 Å². The van der Waals surface area contributed by atoms with Crippen molar-refractivity contribution in [3.05, 3.63) is 78.4 Å². The maximum absolute atomic E-state index is 7.57. The zero-order valence-corrected chi connectivity index (χ0v) is 19.1. The Kier molecular flexibility index (Phi) is 5.93. The van der Waals surface area contributed by atoms with E-state index in [4.69, 9.17) is 11.3 Å². The lowest BCUT2D eigenvalue weighted by atomic mass is 9.88. The first-order valence-electron chi connectivity index (χ1n) is 11.1. The summed E-state index contributed by atoms with van der Waals surface area (Å²) in [4.78, 5) is 19.2. The van der Waals surface area contributed by atoms with E-state index in [1.807, 2.05) is 42.5 Å². The first kappa shape index (κ1) is 21.6. The molecule has 2 heterocycles. The molecule has 8 heteroatoms. The Bertz CT molecular complexity index is 1360. The lowest BCUT2D eigenvalue weighted by Gasteiger charge is -2.39. The number of anilines is 4. The Balaban J connectivity index is 1.27. The number of fused-ring (bicyclic) bond motifs is 1. The molecule has 2 aromatic carbocycles. The number of nitrogens with zero attached hydrogens (tertiary/aromatic N) is 5. The van der Waals surface area contributed by atoms with Gasteiger partial charge in [-0.15, -0.1) is 0 Å². The van der Waals surface area contributed by atoms with Crippen LogP contribution in [0.4, 0.5) is 28.8 Å². The minimum absolute atomic E-state index is 0.155. The third-order valence-electron chi connectivity index (χ3n) is 5.95. The number of benzene rings is 2. The van der Waals surface area contributed by atoms with Crippen molar-refractivity contribution in [2.24, 2.45) is 0 Å². The van der Waals surface area contributed by atoms with Gasteiger partial charge in [-0.25, -0.2) is 9.83 Å². The molecule has 4 aromatic rings. The lowest BCUT2D eigenvalue weighted by molar-refractivity contribution is 0.0407. The molecule has 2 N–H and O–H groups in total. The first-order valence-corrected chi connectivity index (χ1v) is 11.1. The Hall–Kier alpha value is -4.22. The van der Waals surface area contributed by atoms with Crippen LogP contribution in [0.25, 0.3) is 15.7 Å². The van der Waals surface area contributed by atoms with Crippen LogP contribution in [0.1, 0.15) is 12.8 Å².